The van der Waals surface area contributed by atoms with Crippen LogP contribution in [0.5, 0.6) is 5.75 Å². The number of hydrogen-bond donors (Lipinski definition) is 2. The summed E-state index contributed by atoms with van der Waals surface area (Å²) < 4.78 is 40.5. The van der Waals surface area contributed by atoms with Crippen LogP contribution in [0.2, 0.25) is 0 Å². The van der Waals surface area contributed by atoms with Gasteiger partial charge in [-0.2, -0.15) is 0 Å². The minimum Gasteiger partial charge on any atom is -0.478 e. The standard InChI is InChI=1S/C19H18F3NO4/c1-18(2,13-7-9-14(10-8-13)27-19(20,21)22)23-16(24)11-12-5-3-4-6-15(12)17(25)26/h3-10H,11H2,1-2H3,(H,23,24)(H,25,26). The van der Waals surface area contributed by atoms with Crippen molar-refractivity contribution < 1.29 is 32.6 Å². The molecule has 0 bridgehead atoms. The summed E-state index contributed by atoms with van der Waals surface area (Å²) in [6, 6.07) is 11.3. The van der Waals surface area contributed by atoms with Crippen molar-refractivity contribution in [3.05, 3.63) is 65.2 Å². The number of rotatable bonds is 6. The Morgan fingerprint density at radius 1 is 1.04 bits per heavy atom. The largest absolute Gasteiger partial charge is 0.573 e. The predicted molar refractivity (Wildman–Crippen MR) is 91.4 cm³/mol. The summed E-state index contributed by atoms with van der Waals surface area (Å²) in [6.45, 7) is 3.38. The normalized spacial score (nSPS) is 11.7. The van der Waals surface area contributed by atoms with Crippen LogP contribution in [0.3, 0.4) is 0 Å². The predicted octanol–water partition coefficient (Wildman–Crippen LogP) is 3.88. The Kier molecular flexibility index (Phi) is 5.78. The number of carbonyl (C=O) groups is 2. The second-order valence-electron chi connectivity index (χ2n) is 6.38. The fraction of sp³-hybridized carbons (Fsp3) is 0.263. The highest BCUT2D eigenvalue weighted by Gasteiger charge is 2.31. The number of ether oxygens (including phenoxy) is 1. The van der Waals surface area contributed by atoms with Crippen molar-refractivity contribution in [2.75, 3.05) is 0 Å². The van der Waals surface area contributed by atoms with E-state index in [4.69, 9.17) is 0 Å². The molecule has 0 aliphatic heterocycles. The Hall–Kier alpha value is -3.03. The van der Waals surface area contributed by atoms with E-state index in [-0.39, 0.29) is 17.7 Å². The first kappa shape index (κ1) is 20.3. The number of nitrogens with one attached hydrogen (secondary N) is 1. The van der Waals surface area contributed by atoms with Gasteiger partial charge in [-0.1, -0.05) is 30.3 Å². The second-order valence-corrected chi connectivity index (χ2v) is 6.38. The number of benzene rings is 2. The molecule has 0 unspecified atom stereocenters. The fourth-order valence-electron chi connectivity index (χ4n) is 2.59. The van der Waals surface area contributed by atoms with Gasteiger partial charge in [0.25, 0.3) is 0 Å². The van der Waals surface area contributed by atoms with Crippen LogP contribution >= 0.6 is 0 Å². The number of alkyl halides is 3. The molecule has 0 radical (unpaired) electrons. The molecule has 27 heavy (non-hydrogen) atoms. The highest BCUT2D eigenvalue weighted by molar-refractivity contribution is 5.91. The molecular formula is C19H18F3NO4. The highest BCUT2D eigenvalue weighted by atomic mass is 19.4. The maximum Gasteiger partial charge on any atom is 0.573 e. The molecule has 2 rings (SSSR count). The topological polar surface area (TPSA) is 75.6 Å². The van der Waals surface area contributed by atoms with E-state index in [1.807, 2.05) is 0 Å². The van der Waals surface area contributed by atoms with Crippen LogP contribution in [0.25, 0.3) is 0 Å². The lowest BCUT2D eigenvalue weighted by atomic mass is 9.93. The van der Waals surface area contributed by atoms with Crippen LogP contribution in [-0.4, -0.2) is 23.3 Å². The number of carboxylic acids is 1. The zero-order valence-electron chi connectivity index (χ0n) is 14.6. The SMILES string of the molecule is CC(C)(NC(=O)Cc1ccccc1C(=O)O)c1ccc(OC(F)(F)F)cc1. The fourth-order valence-corrected chi connectivity index (χ4v) is 2.59. The Labute approximate surface area is 153 Å². The molecule has 0 aromatic heterocycles. The first-order chi connectivity index (χ1) is 12.5. The Morgan fingerprint density at radius 3 is 2.19 bits per heavy atom. The van der Waals surface area contributed by atoms with Crippen LogP contribution < -0.4 is 10.1 Å². The number of halogens is 3. The van der Waals surface area contributed by atoms with Gasteiger partial charge >= 0.3 is 12.3 Å². The van der Waals surface area contributed by atoms with Crippen molar-refractivity contribution in [1.82, 2.24) is 5.32 Å². The number of carboxylic acid groups (broad SMARTS) is 1. The lowest BCUT2D eigenvalue weighted by Crippen LogP contribution is -2.41. The van der Waals surface area contributed by atoms with E-state index < -0.39 is 23.8 Å². The average Bonchev–Trinajstić information content (AvgIpc) is 2.53. The van der Waals surface area contributed by atoms with E-state index in [0.717, 1.165) is 12.1 Å². The maximum atomic E-state index is 12.4. The molecule has 2 aromatic carbocycles. The molecule has 0 atom stereocenters. The van der Waals surface area contributed by atoms with Gasteiger partial charge in [-0.3, -0.25) is 4.79 Å². The zero-order chi connectivity index (χ0) is 20.2. The number of aromatic carboxylic acids is 1. The van der Waals surface area contributed by atoms with Crippen LogP contribution in [0.1, 0.15) is 35.3 Å². The number of carbonyl (C=O) groups excluding carboxylic acids is 1. The van der Waals surface area contributed by atoms with Gasteiger partial charge in [-0.15, -0.1) is 13.2 Å². The van der Waals surface area contributed by atoms with Gasteiger partial charge in [-0.05, 0) is 43.2 Å². The van der Waals surface area contributed by atoms with Crippen LogP contribution in [0.15, 0.2) is 48.5 Å². The molecular weight excluding hydrogens is 363 g/mol. The molecule has 0 aliphatic rings. The molecule has 8 heteroatoms. The van der Waals surface area contributed by atoms with E-state index in [2.05, 4.69) is 10.1 Å². The highest BCUT2D eigenvalue weighted by Crippen LogP contribution is 2.26. The van der Waals surface area contributed by atoms with E-state index in [1.54, 1.807) is 32.0 Å². The zero-order valence-corrected chi connectivity index (χ0v) is 14.6. The summed E-state index contributed by atoms with van der Waals surface area (Å²) in [7, 11) is 0. The summed E-state index contributed by atoms with van der Waals surface area (Å²) in [5.74, 6) is -1.90. The van der Waals surface area contributed by atoms with Crippen LogP contribution in [0, 0.1) is 0 Å². The Balaban J connectivity index is 2.09. The summed E-state index contributed by atoms with van der Waals surface area (Å²) in [6.07, 6.45) is -4.91. The van der Waals surface area contributed by atoms with Crippen LogP contribution in [0.4, 0.5) is 13.2 Å². The average molecular weight is 381 g/mol. The van der Waals surface area contributed by atoms with Crippen molar-refractivity contribution in [1.29, 1.82) is 0 Å². The molecule has 2 N–H and O–H groups in total. The third-order valence-corrected chi connectivity index (χ3v) is 3.86. The molecule has 0 fully saturated rings. The molecule has 144 valence electrons. The Morgan fingerprint density at radius 2 is 1.63 bits per heavy atom. The molecule has 0 spiro atoms. The molecule has 2 aromatic rings. The minimum absolute atomic E-state index is 0.0408. The van der Waals surface area contributed by atoms with Crippen molar-refractivity contribution >= 4 is 11.9 Å². The number of hydrogen-bond acceptors (Lipinski definition) is 3. The molecule has 0 saturated carbocycles. The van der Waals surface area contributed by atoms with Gasteiger partial charge in [0.05, 0.1) is 17.5 Å². The van der Waals surface area contributed by atoms with E-state index >= 15 is 0 Å². The quantitative estimate of drug-likeness (QED) is 0.796. The molecule has 0 saturated heterocycles. The summed E-state index contributed by atoms with van der Waals surface area (Å²) >= 11 is 0. The molecule has 5 nitrogen and oxygen atoms in total. The van der Waals surface area contributed by atoms with Crippen molar-refractivity contribution in [3.8, 4) is 5.75 Å². The van der Waals surface area contributed by atoms with Crippen LogP contribution in [-0.2, 0) is 16.8 Å². The molecule has 1 amide bonds. The Bertz CT molecular complexity index is 830. The monoisotopic (exact) mass is 381 g/mol. The van der Waals surface area contributed by atoms with Gasteiger partial charge in [0.2, 0.25) is 5.91 Å². The van der Waals surface area contributed by atoms with Gasteiger partial charge < -0.3 is 15.2 Å². The first-order valence-corrected chi connectivity index (χ1v) is 7.96. The van der Waals surface area contributed by atoms with E-state index in [1.165, 1.54) is 18.2 Å². The summed E-state index contributed by atoms with van der Waals surface area (Å²) in [4.78, 5) is 23.6. The molecule has 0 heterocycles. The van der Waals surface area contributed by atoms with E-state index in [0.29, 0.717) is 11.1 Å². The third-order valence-electron chi connectivity index (χ3n) is 3.86. The summed E-state index contributed by atoms with van der Waals surface area (Å²) in [5.41, 5.74) is 0.0923. The maximum absolute atomic E-state index is 12.4. The van der Waals surface area contributed by atoms with Crippen molar-refractivity contribution in [2.24, 2.45) is 0 Å². The third kappa shape index (κ3) is 5.73. The van der Waals surface area contributed by atoms with Gasteiger partial charge in [0, 0.05) is 0 Å². The van der Waals surface area contributed by atoms with E-state index in [9.17, 15) is 27.9 Å². The summed E-state index contributed by atoms with van der Waals surface area (Å²) in [5, 5.41) is 11.9. The number of amides is 1. The van der Waals surface area contributed by atoms with Crippen molar-refractivity contribution in [3.63, 3.8) is 0 Å². The lowest BCUT2D eigenvalue weighted by Gasteiger charge is -2.27. The van der Waals surface area contributed by atoms with Gasteiger partial charge in [0.1, 0.15) is 5.75 Å². The lowest BCUT2D eigenvalue weighted by molar-refractivity contribution is -0.274. The molecule has 0 aliphatic carbocycles. The van der Waals surface area contributed by atoms with Gasteiger partial charge in [-0.25, -0.2) is 4.79 Å². The smallest absolute Gasteiger partial charge is 0.478 e. The first-order valence-electron chi connectivity index (χ1n) is 7.96. The van der Waals surface area contributed by atoms with Gasteiger partial charge in [0.15, 0.2) is 0 Å². The minimum atomic E-state index is -4.78. The van der Waals surface area contributed by atoms with Crippen molar-refractivity contribution in [2.45, 2.75) is 32.2 Å². The second kappa shape index (κ2) is 7.69.